The van der Waals surface area contributed by atoms with E-state index in [1.54, 1.807) is 27.7 Å². The molecule has 0 radical (unpaired) electrons. The van der Waals surface area contributed by atoms with Crippen LogP contribution in [0.2, 0.25) is 0 Å². The first-order valence-electron chi connectivity index (χ1n) is 10.4. The molecule has 164 valence electrons. The molecular weight excluding hydrogens is 471 g/mol. The van der Waals surface area contributed by atoms with Crippen LogP contribution < -0.4 is 0 Å². The van der Waals surface area contributed by atoms with Crippen LogP contribution in [0.25, 0.3) is 5.57 Å². The number of fused-ring (bicyclic) bond motifs is 2. The van der Waals surface area contributed by atoms with Crippen LogP contribution in [0.1, 0.15) is 62.2 Å². The Bertz CT molecular complexity index is 1250. The first-order chi connectivity index (χ1) is 14.5. The summed E-state index contributed by atoms with van der Waals surface area (Å²) in [6.45, 7) is 6.55. The van der Waals surface area contributed by atoms with E-state index in [1.165, 1.54) is 6.07 Å². The van der Waals surface area contributed by atoms with Gasteiger partial charge >= 0.3 is 6.97 Å². The molecule has 0 saturated carbocycles. The minimum atomic E-state index is -4.21. The molecule has 0 fully saturated rings. The second kappa shape index (κ2) is 7.22. The Kier molecular flexibility index (Phi) is 5.15. The van der Waals surface area contributed by atoms with E-state index in [4.69, 9.17) is 0 Å². The van der Waals surface area contributed by atoms with Gasteiger partial charge in [-0.05, 0) is 62.6 Å². The van der Waals surface area contributed by atoms with Gasteiger partial charge in [0.2, 0.25) is 0 Å². The predicted octanol–water partition coefficient (Wildman–Crippen LogP) is 6.92. The summed E-state index contributed by atoms with van der Waals surface area (Å²) >= 11 is 3.35. The number of hydrogen-bond acceptors (Lipinski definition) is 0. The van der Waals surface area contributed by atoms with Crippen molar-refractivity contribution in [3.8, 4) is 0 Å². The molecule has 0 amide bonds. The molecule has 1 aromatic carbocycles. The van der Waals surface area contributed by atoms with Gasteiger partial charge < -0.3 is 17.6 Å². The number of allylic oxidation sites excluding steroid dienone is 2. The fourth-order valence-electron chi connectivity index (χ4n) is 5.47. The van der Waals surface area contributed by atoms with Gasteiger partial charge in [-0.2, -0.15) is 0 Å². The van der Waals surface area contributed by atoms with Gasteiger partial charge in [-0.15, -0.1) is 0 Å². The molecule has 4 rings (SSSR count). The van der Waals surface area contributed by atoms with Crippen LogP contribution in [0.3, 0.4) is 0 Å². The summed E-state index contributed by atoms with van der Waals surface area (Å²) in [7, 11) is 0. The van der Waals surface area contributed by atoms with Gasteiger partial charge in [0.1, 0.15) is 5.71 Å². The molecule has 0 atom stereocenters. The van der Waals surface area contributed by atoms with E-state index in [-0.39, 0.29) is 17.0 Å². The second-order valence-electron chi connectivity index (χ2n) is 8.20. The van der Waals surface area contributed by atoms with Gasteiger partial charge in [0, 0.05) is 33.8 Å². The Morgan fingerprint density at radius 1 is 1.03 bits per heavy atom. The lowest BCUT2D eigenvalue weighted by Gasteiger charge is -2.34. The molecule has 3 heterocycles. The SMILES string of the molecule is CCC1=C(C)C2=C(c3c(Br)ccc(F)c3F)c3c(C)c(CC)c(C)n3[B-](F)(F)[N+]2=C1C. The van der Waals surface area contributed by atoms with E-state index in [9.17, 15) is 4.39 Å². The molecule has 2 aliphatic rings. The molecule has 0 spiro atoms. The average Bonchev–Trinajstić information content (AvgIpc) is 3.12. The molecule has 1 aromatic heterocycles. The number of nitrogens with zero attached hydrogens (tertiary/aromatic N) is 2. The quantitative estimate of drug-likeness (QED) is 0.248. The minimum Gasteiger partial charge on any atom is -0.393 e. The van der Waals surface area contributed by atoms with Crippen molar-refractivity contribution >= 4 is 34.2 Å². The molecule has 2 aromatic rings. The normalized spacial score (nSPS) is 17.6. The van der Waals surface area contributed by atoms with Crippen LogP contribution >= 0.6 is 15.9 Å². The molecule has 0 unspecified atom stereocenters. The van der Waals surface area contributed by atoms with Crippen molar-refractivity contribution in [2.45, 2.75) is 54.4 Å². The highest BCUT2D eigenvalue weighted by Gasteiger charge is 2.57. The van der Waals surface area contributed by atoms with Gasteiger partial charge in [0.25, 0.3) is 0 Å². The van der Waals surface area contributed by atoms with Gasteiger partial charge in [-0.1, -0.05) is 29.8 Å². The van der Waals surface area contributed by atoms with E-state index in [0.717, 1.165) is 26.2 Å². The first-order valence-corrected chi connectivity index (χ1v) is 11.2. The molecule has 31 heavy (non-hydrogen) atoms. The Hall–Kier alpha value is -2.09. The van der Waals surface area contributed by atoms with Crippen LogP contribution in [0.5, 0.6) is 0 Å². The first kappa shape index (κ1) is 22.1. The number of rotatable bonds is 3. The summed E-state index contributed by atoms with van der Waals surface area (Å²) in [5.41, 5.74) is 4.68. The van der Waals surface area contributed by atoms with Crippen LogP contribution in [0.4, 0.5) is 17.4 Å². The van der Waals surface area contributed by atoms with Crippen molar-refractivity contribution < 1.29 is 21.9 Å². The van der Waals surface area contributed by atoms with E-state index in [0.29, 0.717) is 45.4 Å². The molecule has 8 heteroatoms. The summed E-state index contributed by atoms with van der Waals surface area (Å²) in [5, 5.41) is 0. The van der Waals surface area contributed by atoms with Gasteiger partial charge in [0.05, 0.1) is 5.57 Å². The molecule has 0 aliphatic carbocycles. The third-order valence-corrected chi connectivity index (χ3v) is 7.45. The summed E-state index contributed by atoms with van der Waals surface area (Å²) in [6, 6.07) is 2.46. The van der Waals surface area contributed by atoms with E-state index in [1.807, 2.05) is 13.8 Å². The van der Waals surface area contributed by atoms with Gasteiger partial charge in [-0.25, -0.2) is 8.78 Å². The number of benzene rings is 1. The van der Waals surface area contributed by atoms with Crippen molar-refractivity contribution in [2.24, 2.45) is 0 Å². The lowest BCUT2D eigenvalue weighted by molar-refractivity contribution is -0.363. The Morgan fingerprint density at radius 3 is 2.26 bits per heavy atom. The predicted molar refractivity (Wildman–Crippen MR) is 121 cm³/mol. The molecule has 0 N–H and O–H groups in total. The highest BCUT2D eigenvalue weighted by molar-refractivity contribution is 9.10. The Balaban J connectivity index is 2.30. The van der Waals surface area contributed by atoms with E-state index >= 15 is 13.0 Å². The molecular formula is C23H24BBrF4N2. The zero-order valence-corrected chi connectivity index (χ0v) is 20.0. The Morgan fingerprint density at radius 2 is 1.68 bits per heavy atom. The maximum Gasteiger partial charge on any atom is 0.737 e. The fourth-order valence-corrected chi connectivity index (χ4v) is 5.98. The molecule has 0 saturated heterocycles. The van der Waals surface area contributed by atoms with Crippen LogP contribution in [-0.4, -0.2) is 21.6 Å². The van der Waals surface area contributed by atoms with Crippen LogP contribution in [0, 0.1) is 25.5 Å². The van der Waals surface area contributed by atoms with Crippen molar-refractivity contribution in [1.29, 1.82) is 0 Å². The maximum absolute atomic E-state index is 16.1. The van der Waals surface area contributed by atoms with Gasteiger partial charge in [-0.3, -0.25) is 0 Å². The summed E-state index contributed by atoms with van der Waals surface area (Å²) in [5.74, 6) is -2.06. The standard InChI is InChI=1S/C23H24BBrF4N2/c1-7-15-11(3)22-20(19-17(25)9-10-18(26)21(19)27)23-12(4)16(8-2)14(6)31(23)24(28,29)30(22)13(15)5/h9-10H,7-8H2,1-6H3. The third-order valence-electron chi connectivity index (χ3n) is 6.79. The smallest absolute Gasteiger partial charge is 0.393 e. The molecule has 2 nitrogen and oxygen atoms in total. The summed E-state index contributed by atoms with van der Waals surface area (Å²) < 4.78 is 64.3. The van der Waals surface area contributed by atoms with Crippen molar-refractivity contribution in [3.05, 3.63) is 73.2 Å². The number of hydrogen-bond donors (Lipinski definition) is 0. The molecule has 0 bridgehead atoms. The zero-order valence-electron chi connectivity index (χ0n) is 18.4. The van der Waals surface area contributed by atoms with E-state index < -0.39 is 18.6 Å². The molecule has 2 aliphatic heterocycles. The summed E-state index contributed by atoms with van der Waals surface area (Å²) in [6.07, 6.45) is 1.13. The fraction of sp³-hybridized carbons (Fsp3) is 0.348. The number of aromatic nitrogens is 1. The zero-order chi connectivity index (χ0) is 23.0. The topological polar surface area (TPSA) is 7.94 Å². The highest BCUT2D eigenvalue weighted by Crippen LogP contribution is 2.48. The summed E-state index contributed by atoms with van der Waals surface area (Å²) in [4.78, 5) is 0. The van der Waals surface area contributed by atoms with E-state index in [2.05, 4.69) is 15.9 Å². The largest absolute Gasteiger partial charge is 0.737 e. The monoisotopic (exact) mass is 494 g/mol. The van der Waals surface area contributed by atoms with Crippen molar-refractivity contribution in [1.82, 2.24) is 4.48 Å². The number of halogens is 5. The van der Waals surface area contributed by atoms with Crippen LogP contribution in [-0.2, 0) is 6.42 Å². The Labute approximate surface area is 188 Å². The third kappa shape index (κ3) is 2.73. The lowest BCUT2D eigenvalue weighted by Crippen LogP contribution is -2.51. The van der Waals surface area contributed by atoms with Crippen LogP contribution in [0.15, 0.2) is 33.4 Å². The second-order valence-corrected chi connectivity index (χ2v) is 9.06. The van der Waals surface area contributed by atoms with Crippen molar-refractivity contribution in [2.75, 3.05) is 0 Å². The highest BCUT2D eigenvalue weighted by atomic mass is 79.9. The lowest BCUT2D eigenvalue weighted by atomic mass is 9.83. The van der Waals surface area contributed by atoms with Crippen molar-refractivity contribution in [3.63, 3.8) is 0 Å². The van der Waals surface area contributed by atoms with Gasteiger partial charge in [0.15, 0.2) is 17.3 Å². The maximum atomic E-state index is 16.1. The average molecular weight is 495 g/mol. The minimum absolute atomic E-state index is 0.0275.